The molecule has 1 saturated heterocycles. The highest BCUT2D eigenvalue weighted by molar-refractivity contribution is 7.87. The van der Waals surface area contributed by atoms with Crippen molar-refractivity contribution >= 4 is 28.1 Å². The van der Waals surface area contributed by atoms with E-state index >= 15 is 0 Å². The van der Waals surface area contributed by atoms with Crippen molar-refractivity contribution in [2.24, 2.45) is 11.8 Å². The van der Waals surface area contributed by atoms with Crippen molar-refractivity contribution in [2.75, 3.05) is 28.2 Å². The van der Waals surface area contributed by atoms with E-state index in [9.17, 15) is 27.9 Å². The number of amides is 3. The Kier molecular flexibility index (Phi) is 13.1. The predicted octanol–water partition coefficient (Wildman–Crippen LogP) is 4.00. The molecule has 1 aliphatic heterocycles. The van der Waals surface area contributed by atoms with Gasteiger partial charge in [0.2, 0.25) is 11.8 Å². The molecule has 0 aromatic heterocycles. The highest BCUT2D eigenvalue weighted by Crippen LogP contribution is 2.42. The number of carbonyl (C=O) groups is 3. The molecule has 0 radical (unpaired) electrons. The zero-order valence-corrected chi connectivity index (χ0v) is 31.3. The average molecular weight is 714 g/mol. The zero-order chi connectivity index (χ0) is 36.8. The SMILES string of the molecule is CN(C)C(=O)[C@H]1CC[C@@H](O)C(NCc2ccccc2)C1.CN(C)C(=O)[C@H]1CC[C@H]2C(C1)N(Cc1ccccc1)S(=O)(=O)N2C(=O)OC(C)(C)C. The molecular formula is C37H55N5O7S. The first-order valence-corrected chi connectivity index (χ1v) is 18.8. The van der Waals surface area contributed by atoms with Gasteiger partial charge in [0.05, 0.1) is 12.1 Å². The Hall–Kier alpha value is -3.52. The third-order valence-electron chi connectivity index (χ3n) is 9.56. The number of hydrogen-bond acceptors (Lipinski definition) is 8. The molecule has 3 amide bonds. The summed E-state index contributed by atoms with van der Waals surface area (Å²) >= 11 is 0. The van der Waals surface area contributed by atoms with E-state index in [1.165, 1.54) is 9.87 Å². The maximum atomic E-state index is 13.5. The van der Waals surface area contributed by atoms with E-state index in [2.05, 4.69) is 17.4 Å². The van der Waals surface area contributed by atoms with Gasteiger partial charge in [-0.3, -0.25) is 9.59 Å². The van der Waals surface area contributed by atoms with Crippen molar-refractivity contribution in [1.82, 2.24) is 23.7 Å². The van der Waals surface area contributed by atoms with E-state index in [-0.39, 0.29) is 42.3 Å². The van der Waals surface area contributed by atoms with Gasteiger partial charge in [0.25, 0.3) is 0 Å². The van der Waals surface area contributed by atoms with Crippen LogP contribution >= 0.6 is 0 Å². The maximum Gasteiger partial charge on any atom is 0.425 e. The fourth-order valence-electron chi connectivity index (χ4n) is 7.07. The number of rotatable bonds is 7. The smallest absolute Gasteiger partial charge is 0.425 e. The van der Waals surface area contributed by atoms with Gasteiger partial charge in [-0.05, 0) is 70.4 Å². The van der Waals surface area contributed by atoms with Crippen LogP contribution in [0.15, 0.2) is 60.7 Å². The van der Waals surface area contributed by atoms with Crippen LogP contribution in [-0.4, -0.2) is 108 Å². The fourth-order valence-corrected chi connectivity index (χ4v) is 8.99. The fraction of sp³-hybridized carbons (Fsp3) is 0.595. The maximum absolute atomic E-state index is 13.5. The van der Waals surface area contributed by atoms with Gasteiger partial charge in [0.15, 0.2) is 0 Å². The van der Waals surface area contributed by atoms with Gasteiger partial charge in [-0.2, -0.15) is 17.0 Å². The van der Waals surface area contributed by atoms with Gasteiger partial charge in [-0.25, -0.2) is 4.79 Å². The van der Waals surface area contributed by atoms with Gasteiger partial charge in [0, 0.05) is 65.2 Å². The van der Waals surface area contributed by atoms with E-state index in [1.54, 1.807) is 58.8 Å². The summed E-state index contributed by atoms with van der Waals surface area (Å²) in [6.45, 7) is 6.00. The average Bonchev–Trinajstić information content (AvgIpc) is 3.28. The quantitative estimate of drug-likeness (QED) is 0.439. The third kappa shape index (κ3) is 9.83. The van der Waals surface area contributed by atoms with Crippen molar-refractivity contribution in [3.05, 3.63) is 71.8 Å². The number of nitrogens with one attached hydrogen (secondary N) is 1. The van der Waals surface area contributed by atoms with Crippen LogP contribution in [0.1, 0.15) is 70.4 Å². The number of ether oxygens (including phenoxy) is 1. The monoisotopic (exact) mass is 713 g/mol. The molecule has 3 fully saturated rings. The lowest BCUT2D eigenvalue weighted by Crippen LogP contribution is -2.47. The Balaban J connectivity index is 0.000000244. The van der Waals surface area contributed by atoms with Gasteiger partial charge < -0.3 is 25.0 Å². The Labute approximate surface area is 297 Å². The Morgan fingerprint density at radius 3 is 1.86 bits per heavy atom. The standard InChI is InChI=1S/C21H31N3O5S.C16H24N2O2/c1-21(2,3)29-20(26)24-17-12-11-16(19(25)22(4)5)13-18(17)23(30(24,27)28)14-15-9-7-6-8-10-15;1-18(2)16(20)13-8-9-15(19)14(10-13)17-11-12-6-4-3-5-7-12/h6-10,16-18H,11-14H2,1-5H3;3-7,13-15,17,19H,8-11H2,1-2H3/t16-,17-,18?;13-,14?,15+/m00/s1. The van der Waals surface area contributed by atoms with Gasteiger partial charge in [-0.1, -0.05) is 60.7 Å². The molecule has 2 N–H and O–H groups in total. The summed E-state index contributed by atoms with van der Waals surface area (Å²) in [6, 6.07) is 18.4. The molecule has 5 rings (SSSR count). The molecule has 1 heterocycles. The van der Waals surface area contributed by atoms with Crippen LogP contribution in [0.5, 0.6) is 0 Å². The summed E-state index contributed by atoms with van der Waals surface area (Å²) < 4.78 is 34.6. The van der Waals surface area contributed by atoms with Crippen molar-refractivity contribution < 1.29 is 32.6 Å². The van der Waals surface area contributed by atoms with Gasteiger partial charge >= 0.3 is 16.3 Å². The largest absolute Gasteiger partial charge is 0.443 e. The lowest BCUT2D eigenvalue weighted by atomic mass is 9.81. The Morgan fingerprint density at radius 1 is 0.800 bits per heavy atom. The summed E-state index contributed by atoms with van der Waals surface area (Å²) in [5.41, 5.74) is 1.21. The second-order valence-electron chi connectivity index (χ2n) is 15.0. The zero-order valence-electron chi connectivity index (χ0n) is 30.5. The van der Waals surface area contributed by atoms with E-state index in [1.807, 2.05) is 48.5 Å². The first-order valence-electron chi connectivity index (χ1n) is 17.5. The van der Waals surface area contributed by atoms with Crippen LogP contribution in [0.2, 0.25) is 0 Å². The van der Waals surface area contributed by atoms with E-state index in [0.29, 0.717) is 32.1 Å². The number of benzene rings is 2. The molecular weight excluding hydrogens is 659 g/mol. The summed E-state index contributed by atoms with van der Waals surface area (Å²) in [5, 5.41) is 13.5. The van der Waals surface area contributed by atoms with E-state index < -0.39 is 34.0 Å². The van der Waals surface area contributed by atoms with E-state index in [4.69, 9.17) is 4.74 Å². The molecule has 0 spiro atoms. The molecule has 3 aliphatic rings. The second-order valence-corrected chi connectivity index (χ2v) is 16.7. The number of aliphatic hydroxyl groups excluding tert-OH is 1. The minimum absolute atomic E-state index is 0.00199. The number of hydrogen-bond donors (Lipinski definition) is 2. The molecule has 2 saturated carbocycles. The van der Waals surface area contributed by atoms with Crippen molar-refractivity contribution in [2.45, 2.75) is 102 Å². The summed E-state index contributed by atoms with van der Waals surface area (Å²) in [6.07, 6.45) is 2.32. The van der Waals surface area contributed by atoms with Crippen LogP contribution in [0, 0.1) is 11.8 Å². The molecule has 2 aromatic carbocycles. The van der Waals surface area contributed by atoms with Crippen LogP contribution in [-0.2, 0) is 37.6 Å². The molecule has 2 aliphatic carbocycles. The Bertz CT molecular complexity index is 1550. The van der Waals surface area contributed by atoms with Crippen LogP contribution in [0.4, 0.5) is 4.79 Å². The number of nitrogens with zero attached hydrogens (tertiary/aromatic N) is 4. The number of carbonyl (C=O) groups excluding carboxylic acids is 3. The minimum Gasteiger partial charge on any atom is -0.443 e. The third-order valence-corrected chi connectivity index (χ3v) is 11.5. The molecule has 276 valence electrons. The molecule has 2 unspecified atom stereocenters. The number of fused-ring (bicyclic) bond motifs is 1. The van der Waals surface area contributed by atoms with Crippen molar-refractivity contribution in [1.29, 1.82) is 0 Å². The number of aliphatic hydroxyl groups is 1. The van der Waals surface area contributed by atoms with Gasteiger partial charge in [-0.15, -0.1) is 0 Å². The molecule has 13 heteroatoms. The highest BCUT2D eigenvalue weighted by atomic mass is 32.2. The first-order chi connectivity index (χ1) is 23.5. The summed E-state index contributed by atoms with van der Waals surface area (Å²) in [5.74, 6) is -0.0837. The Morgan fingerprint density at radius 2 is 1.32 bits per heavy atom. The van der Waals surface area contributed by atoms with Crippen LogP contribution < -0.4 is 5.32 Å². The van der Waals surface area contributed by atoms with Crippen molar-refractivity contribution in [3.8, 4) is 0 Å². The first kappa shape index (κ1) is 39.3. The summed E-state index contributed by atoms with van der Waals surface area (Å²) in [4.78, 5) is 40.7. The lowest BCUT2D eigenvalue weighted by Gasteiger charge is -2.35. The van der Waals surface area contributed by atoms with Crippen molar-refractivity contribution in [3.63, 3.8) is 0 Å². The topological polar surface area (TPSA) is 140 Å². The van der Waals surface area contributed by atoms with Crippen LogP contribution in [0.3, 0.4) is 0 Å². The lowest BCUT2D eigenvalue weighted by molar-refractivity contribution is -0.135. The molecule has 2 aromatic rings. The molecule has 0 bridgehead atoms. The summed E-state index contributed by atoms with van der Waals surface area (Å²) in [7, 11) is 2.91. The van der Waals surface area contributed by atoms with Crippen LogP contribution in [0.25, 0.3) is 0 Å². The second kappa shape index (κ2) is 16.7. The normalized spacial score (nSPS) is 26.2. The predicted molar refractivity (Wildman–Crippen MR) is 192 cm³/mol. The molecule has 6 atom stereocenters. The minimum atomic E-state index is -4.08. The molecule has 12 nitrogen and oxygen atoms in total. The highest BCUT2D eigenvalue weighted by Gasteiger charge is 2.57. The molecule has 50 heavy (non-hydrogen) atoms. The van der Waals surface area contributed by atoms with Gasteiger partial charge in [0.1, 0.15) is 5.60 Å². The van der Waals surface area contributed by atoms with E-state index in [0.717, 1.165) is 22.8 Å².